The van der Waals surface area contributed by atoms with Gasteiger partial charge in [-0.2, -0.15) is 0 Å². The van der Waals surface area contributed by atoms with Gasteiger partial charge in [0, 0.05) is 29.2 Å². The number of amides is 1. The summed E-state index contributed by atoms with van der Waals surface area (Å²) >= 11 is 5.96. The highest BCUT2D eigenvalue weighted by molar-refractivity contribution is 6.31. The quantitative estimate of drug-likeness (QED) is 0.876. The number of nitrogens with one attached hydrogen (secondary N) is 1. The van der Waals surface area contributed by atoms with Gasteiger partial charge in [0.05, 0.1) is 6.54 Å². The average molecular weight is 339 g/mol. The van der Waals surface area contributed by atoms with Crippen LogP contribution in [0.25, 0.3) is 0 Å². The van der Waals surface area contributed by atoms with Crippen molar-refractivity contribution in [1.82, 2.24) is 10.2 Å². The fourth-order valence-corrected chi connectivity index (χ4v) is 2.37. The summed E-state index contributed by atoms with van der Waals surface area (Å²) in [5.41, 5.74) is 0.763. The van der Waals surface area contributed by atoms with Crippen molar-refractivity contribution < 1.29 is 13.6 Å². The van der Waals surface area contributed by atoms with E-state index in [0.29, 0.717) is 16.1 Å². The van der Waals surface area contributed by atoms with Gasteiger partial charge in [0.15, 0.2) is 0 Å². The minimum atomic E-state index is -0.406. The molecule has 0 fully saturated rings. The Labute approximate surface area is 138 Å². The third-order valence-electron chi connectivity index (χ3n) is 3.34. The molecule has 0 aliphatic carbocycles. The predicted molar refractivity (Wildman–Crippen MR) is 86.0 cm³/mol. The van der Waals surface area contributed by atoms with Crippen LogP contribution in [-0.4, -0.2) is 24.4 Å². The van der Waals surface area contributed by atoms with Crippen LogP contribution < -0.4 is 5.32 Å². The summed E-state index contributed by atoms with van der Waals surface area (Å²) in [5, 5.41) is 2.96. The molecule has 0 unspecified atom stereocenters. The molecule has 0 saturated heterocycles. The molecule has 2 rings (SSSR count). The summed E-state index contributed by atoms with van der Waals surface area (Å²) in [5.74, 6) is -1.04. The fraction of sp³-hybridized carbons (Fsp3) is 0.235. The molecule has 0 spiro atoms. The number of carbonyl (C=O) groups excluding carboxylic acids is 1. The lowest BCUT2D eigenvalue weighted by atomic mass is 10.2. The van der Waals surface area contributed by atoms with Crippen LogP contribution in [0.3, 0.4) is 0 Å². The van der Waals surface area contributed by atoms with Crippen molar-refractivity contribution in [3.63, 3.8) is 0 Å². The topological polar surface area (TPSA) is 32.3 Å². The highest BCUT2D eigenvalue weighted by atomic mass is 35.5. The second-order valence-electron chi connectivity index (χ2n) is 5.24. The molecule has 0 aromatic heterocycles. The summed E-state index contributed by atoms with van der Waals surface area (Å²) in [4.78, 5) is 13.5. The second-order valence-corrected chi connectivity index (χ2v) is 5.65. The zero-order valence-electron chi connectivity index (χ0n) is 12.7. The Kier molecular flexibility index (Phi) is 6.07. The summed E-state index contributed by atoms with van der Waals surface area (Å²) < 4.78 is 27.2. The lowest BCUT2D eigenvalue weighted by Crippen LogP contribution is -2.34. The number of carbonyl (C=O) groups is 1. The molecule has 1 amide bonds. The molecule has 2 aromatic carbocycles. The molecule has 3 nitrogen and oxygen atoms in total. The molecule has 0 atom stereocenters. The Hall–Kier alpha value is -1.98. The van der Waals surface area contributed by atoms with E-state index in [9.17, 15) is 13.6 Å². The van der Waals surface area contributed by atoms with Crippen molar-refractivity contribution >= 4 is 17.5 Å². The van der Waals surface area contributed by atoms with Crippen LogP contribution in [0.1, 0.15) is 11.1 Å². The molecule has 1 N–H and O–H groups in total. The van der Waals surface area contributed by atoms with Gasteiger partial charge in [-0.15, -0.1) is 0 Å². The first-order valence-corrected chi connectivity index (χ1v) is 7.46. The van der Waals surface area contributed by atoms with Gasteiger partial charge in [-0.05, 0) is 25.2 Å². The van der Waals surface area contributed by atoms with Gasteiger partial charge in [0.2, 0.25) is 5.91 Å². The Morgan fingerprint density at radius 3 is 2.52 bits per heavy atom. The Bertz CT molecular complexity index is 674. The van der Waals surface area contributed by atoms with E-state index >= 15 is 0 Å². The molecule has 0 aliphatic heterocycles. The summed E-state index contributed by atoms with van der Waals surface area (Å²) in [7, 11) is 1.69. The first kappa shape index (κ1) is 17.4. The van der Waals surface area contributed by atoms with E-state index in [4.69, 9.17) is 11.6 Å². The second kappa shape index (κ2) is 8.04. The number of nitrogens with zero attached hydrogens (tertiary/aromatic N) is 1. The molecule has 0 aliphatic rings. The van der Waals surface area contributed by atoms with Crippen LogP contribution in [0, 0.1) is 11.6 Å². The van der Waals surface area contributed by atoms with Gasteiger partial charge in [0.25, 0.3) is 0 Å². The van der Waals surface area contributed by atoms with Crippen LogP contribution in [0.5, 0.6) is 0 Å². The van der Waals surface area contributed by atoms with Crippen molar-refractivity contribution in [3.8, 4) is 0 Å². The number of benzene rings is 2. The fourth-order valence-electron chi connectivity index (χ4n) is 2.15. The van der Waals surface area contributed by atoms with Gasteiger partial charge < -0.3 is 5.32 Å². The van der Waals surface area contributed by atoms with Crippen molar-refractivity contribution in [2.75, 3.05) is 13.6 Å². The lowest BCUT2D eigenvalue weighted by Gasteiger charge is -2.17. The molecule has 6 heteroatoms. The predicted octanol–water partition coefficient (Wildman–Crippen LogP) is 3.37. The number of halogens is 3. The van der Waals surface area contributed by atoms with E-state index in [1.165, 1.54) is 18.2 Å². The molecule has 122 valence electrons. The maximum Gasteiger partial charge on any atom is 0.234 e. The maximum absolute atomic E-state index is 13.7. The lowest BCUT2D eigenvalue weighted by molar-refractivity contribution is -0.122. The van der Waals surface area contributed by atoms with Crippen LogP contribution in [0.4, 0.5) is 8.78 Å². The molecule has 23 heavy (non-hydrogen) atoms. The number of likely N-dealkylation sites (N-methyl/N-ethyl adjacent to an activating group) is 1. The Morgan fingerprint density at radius 1 is 1.13 bits per heavy atom. The number of hydrogen-bond donors (Lipinski definition) is 1. The minimum absolute atomic E-state index is 0.0547. The van der Waals surface area contributed by atoms with Crippen molar-refractivity contribution in [2.24, 2.45) is 0 Å². The summed E-state index contributed by atoms with van der Waals surface area (Å²) in [6, 6.07) is 10.7. The van der Waals surface area contributed by atoms with Crippen molar-refractivity contribution in [3.05, 3.63) is 70.2 Å². The number of rotatable bonds is 6. The molecule has 0 radical (unpaired) electrons. The zero-order valence-corrected chi connectivity index (χ0v) is 13.4. The molecular formula is C17H17ClF2N2O. The summed E-state index contributed by atoms with van der Waals surface area (Å²) in [6.07, 6.45) is 0. The van der Waals surface area contributed by atoms with E-state index in [-0.39, 0.29) is 31.4 Å². The third-order valence-corrected chi connectivity index (χ3v) is 3.69. The smallest absolute Gasteiger partial charge is 0.234 e. The van der Waals surface area contributed by atoms with E-state index in [2.05, 4.69) is 5.32 Å². The van der Waals surface area contributed by atoms with Gasteiger partial charge in [-0.3, -0.25) is 9.69 Å². The normalized spacial score (nSPS) is 10.8. The maximum atomic E-state index is 13.7. The van der Waals surface area contributed by atoms with Crippen LogP contribution in [0.2, 0.25) is 5.02 Å². The highest BCUT2D eigenvalue weighted by Crippen LogP contribution is 2.20. The molecule has 2 aromatic rings. The molecule has 0 bridgehead atoms. The van der Waals surface area contributed by atoms with Crippen molar-refractivity contribution in [2.45, 2.75) is 13.1 Å². The Balaban J connectivity index is 1.86. The first-order chi connectivity index (χ1) is 11.0. The SMILES string of the molecule is CN(CC(=O)NCc1ccccc1F)Cc1c(F)cccc1Cl. The van der Waals surface area contributed by atoms with E-state index < -0.39 is 5.82 Å². The molecule has 0 heterocycles. The minimum Gasteiger partial charge on any atom is -0.351 e. The first-order valence-electron chi connectivity index (χ1n) is 7.09. The Morgan fingerprint density at radius 2 is 1.83 bits per heavy atom. The largest absolute Gasteiger partial charge is 0.351 e. The third kappa shape index (κ3) is 5.01. The highest BCUT2D eigenvalue weighted by Gasteiger charge is 2.12. The monoisotopic (exact) mass is 338 g/mol. The van der Waals surface area contributed by atoms with Crippen LogP contribution in [0.15, 0.2) is 42.5 Å². The van der Waals surface area contributed by atoms with E-state index in [1.807, 2.05) is 0 Å². The van der Waals surface area contributed by atoms with Gasteiger partial charge in [-0.25, -0.2) is 8.78 Å². The molecular weight excluding hydrogens is 322 g/mol. The average Bonchev–Trinajstić information content (AvgIpc) is 2.50. The number of hydrogen-bond acceptors (Lipinski definition) is 2. The van der Waals surface area contributed by atoms with Gasteiger partial charge >= 0.3 is 0 Å². The van der Waals surface area contributed by atoms with Gasteiger partial charge in [-0.1, -0.05) is 35.9 Å². The standard InChI is InChI=1S/C17H17ClF2N2O/c1-22(10-13-14(18)6-4-8-16(13)20)11-17(23)21-9-12-5-2-3-7-15(12)19/h2-8H,9-11H2,1H3,(H,21,23). The van der Waals surface area contributed by atoms with E-state index in [1.54, 1.807) is 36.2 Å². The zero-order chi connectivity index (χ0) is 16.8. The van der Waals surface area contributed by atoms with Crippen LogP contribution >= 0.6 is 11.6 Å². The van der Waals surface area contributed by atoms with Gasteiger partial charge in [0.1, 0.15) is 11.6 Å². The van der Waals surface area contributed by atoms with Crippen LogP contribution in [-0.2, 0) is 17.9 Å². The van der Waals surface area contributed by atoms with Crippen molar-refractivity contribution in [1.29, 1.82) is 0 Å². The summed E-state index contributed by atoms with van der Waals surface area (Å²) in [6.45, 7) is 0.373. The molecule has 0 saturated carbocycles. The van der Waals surface area contributed by atoms with E-state index in [0.717, 1.165) is 0 Å².